The molecule has 0 bridgehead atoms. The number of hydrogen-bond acceptors (Lipinski definition) is 5. The Balaban J connectivity index is 1.66. The number of carbonyl (C=O) groups is 1. The van der Waals surface area contributed by atoms with Gasteiger partial charge in [0.05, 0.1) is 30.0 Å². The summed E-state index contributed by atoms with van der Waals surface area (Å²) >= 11 is 0. The van der Waals surface area contributed by atoms with Gasteiger partial charge in [0.15, 0.2) is 0 Å². The predicted molar refractivity (Wildman–Crippen MR) is 101 cm³/mol. The van der Waals surface area contributed by atoms with Gasteiger partial charge in [-0.05, 0) is 36.4 Å². The van der Waals surface area contributed by atoms with Crippen LogP contribution in [0.4, 0.5) is 5.82 Å². The van der Waals surface area contributed by atoms with Crippen LogP contribution in [0.5, 0.6) is 5.75 Å². The number of imidazole rings is 1. The van der Waals surface area contributed by atoms with Gasteiger partial charge in [0.25, 0.3) is 5.91 Å². The first-order valence-electron chi connectivity index (χ1n) is 8.57. The summed E-state index contributed by atoms with van der Waals surface area (Å²) in [7, 11) is 1.63. The molecule has 1 aliphatic rings. The average molecular weight is 360 g/mol. The summed E-state index contributed by atoms with van der Waals surface area (Å²) in [6.07, 6.45) is 1.60. The number of H-pyrrole nitrogens is 1. The van der Waals surface area contributed by atoms with Gasteiger partial charge in [0.2, 0.25) is 5.62 Å². The van der Waals surface area contributed by atoms with E-state index in [0.717, 1.165) is 40.0 Å². The lowest BCUT2D eigenvalue weighted by Gasteiger charge is -2.09. The highest BCUT2D eigenvalue weighted by atomic mass is 16.5. The molecule has 27 heavy (non-hydrogen) atoms. The highest BCUT2D eigenvalue weighted by Crippen LogP contribution is 2.26. The van der Waals surface area contributed by atoms with Gasteiger partial charge < -0.3 is 15.0 Å². The lowest BCUT2D eigenvalue weighted by atomic mass is 10.2. The summed E-state index contributed by atoms with van der Waals surface area (Å²) in [5.41, 5.74) is 3.25. The van der Waals surface area contributed by atoms with Crippen molar-refractivity contribution >= 4 is 33.7 Å². The van der Waals surface area contributed by atoms with Crippen molar-refractivity contribution in [3.8, 4) is 5.75 Å². The predicted octanol–water partition coefficient (Wildman–Crippen LogP) is 2.09. The van der Waals surface area contributed by atoms with E-state index in [0.29, 0.717) is 17.7 Å². The van der Waals surface area contributed by atoms with Crippen molar-refractivity contribution in [3.05, 3.63) is 53.9 Å². The van der Waals surface area contributed by atoms with Gasteiger partial charge in [-0.3, -0.25) is 9.36 Å². The van der Waals surface area contributed by atoms with Gasteiger partial charge in [-0.25, -0.2) is 9.97 Å². The first-order valence-corrected chi connectivity index (χ1v) is 8.57. The molecule has 1 amide bonds. The van der Waals surface area contributed by atoms with Crippen molar-refractivity contribution in [1.82, 2.24) is 19.5 Å². The second-order valence-electron chi connectivity index (χ2n) is 6.27. The summed E-state index contributed by atoms with van der Waals surface area (Å²) < 4.78 is 7.24. The maximum atomic E-state index is 12.7. The van der Waals surface area contributed by atoms with Gasteiger partial charge in [-0.1, -0.05) is 0 Å². The minimum atomic E-state index is -0.339. The number of aromatic nitrogens is 4. The molecule has 0 spiro atoms. The fourth-order valence-electron chi connectivity index (χ4n) is 3.34. The van der Waals surface area contributed by atoms with E-state index in [4.69, 9.17) is 4.74 Å². The molecule has 0 atom stereocenters. The second-order valence-corrected chi connectivity index (χ2v) is 6.27. The number of carbonyl (C=O) groups excluding carboxylic acids is 1. The molecule has 1 aliphatic heterocycles. The molecule has 0 fully saturated rings. The first-order chi connectivity index (χ1) is 13.2. The van der Waals surface area contributed by atoms with Gasteiger partial charge >= 0.3 is 0 Å². The molecule has 0 saturated heterocycles. The minimum absolute atomic E-state index is 0.339. The number of hydrogen-bond donors (Lipinski definition) is 2. The number of aromatic amines is 1. The smallest absolute Gasteiger partial charge is 0.280 e. The van der Waals surface area contributed by atoms with Crippen molar-refractivity contribution in [1.29, 1.82) is 0 Å². The monoisotopic (exact) mass is 360 g/mol. The molecule has 8 heteroatoms. The SMILES string of the molecule is COc1ccc2nc(=NC(=O)c3ccc4nc[nH]c4c3)n3c(c2c1)NCC3. The Morgan fingerprint density at radius 2 is 2.11 bits per heavy atom. The number of rotatable bonds is 2. The van der Waals surface area contributed by atoms with Crippen LogP contribution in [-0.4, -0.2) is 39.1 Å². The highest BCUT2D eigenvalue weighted by molar-refractivity contribution is 5.98. The molecular weight excluding hydrogens is 344 g/mol. The van der Waals surface area contributed by atoms with E-state index < -0.39 is 0 Å². The molecule has 2 N–H and O–H groups in total. The lowest BCUT2D eigenvalue weighted by molar-refractivity contribution is 0.0996. The van der Waals surface area contributed by atoms with Crippen LogP contribution in [0.1, 0.15) is 10.4 Å². The van der Waals surface area contributed by atoms with Crippen LogP contribution in [0.3, 0.4) is 0 Å². The first kappa shape index (κ1) is 15.6. The number of benzene rings is 2. The van der Waals surface area contributed by atoms with Gasteiger partial charge in [-0.15, -0.1) is 0 Å². The molecule has 2 aromatic heterocycles. The number of nitrogens with one attached hydrogen (secondary N) is 2. The summed E-state index contributed by atoms with van der Waals surface area (Å²) in [4.78, 5) is 28.8. The Morgan fingerprint density at radius 1 is 1.22 bits per heavy atom. The number of fused-ring (bicyclic) bond motifs is 4. The number of amides is 1. The molecule has 2 aromatic carbocycles. The maximum Gasteiger partial charge on any atom is 0.280 e. The standard InChI is InChI=1S/C19H16N6O2/c1-27-12-3-5-14-13(9-12)17-20-6-7-25(17)19(23-14)24-18(26)11-2-4-15-16(8-11)22-10-21-15/h2-5,8-10,20H,6-7H2,1H3,(H,21,22). The third-order valence-electron chi connectivity index (χ3n) is 4.69. The summed E-state index contributed by atoms with van der Waals surface area (Å²) in [6.45, 7) is 1.45. The minimum Gasteiger partial charge on any atom is -0.497 e. The van der Waals surface area contributed by atoms with E-state index in [2.05, 4.69) is 25.3 Å². The van der Waals surface area contributed by atoms with E-state index in [1.807, 2.05) is 22.8 Å². The van der Waals surface area contributed by atoms with Crippen LogP contribution in [0.25, 0.3) is 21.9 Å². The Bertz CT molecular complexity index is 1270. The molecule has 5 rings (SSSR count). The molecule has 0 saturated carbocycles. The molecule has 4 aromatic rings. The molecular formula is C19H16N6O2. The molecule has 0 aliphatic carbocycles. The van der Waals surface area contributed by atoms with Crippen LogP contribution in [0.2, 0.25) is 0 Å². The Hall–Kier alpha value is -3.68. The zero-order valence-electron chi connectivity index (χ0n) is 14.6. The van der Waals surface area contributed by atoms with Gasteiger partial charge in [-0.2, -0.15) is 4.99 Å². The zero-order chi connectivity index (χ0) is 18.4. The van der Waals surface area contributed by atoms with E-state index in [1.165, 1.54) is 0 Å². The quantitative estimate of drug-likeness (QED) is 0.570. The molecule has 134 valence electrons. The number of methoxy groups -OCH3 is 1. The second kappa shape index (κ2) is 5.94. The summed E-state index contributed by atoms with van der Waals surface area (Å²) in [6, 6.07) is 10.9. The fraction of sp³-hybridized carbons (Fsp3) is 0.158. The third-order valence-corrected chi connectivity index (χ3v) is 4.69. The normalized spacial score (nSPS) is 13.7. The molecule has 0 radical (unpaired) electrons. The largest absolute Gasteiger partial charge is 0.497 e. The van der Waals surface area contributed by atoms with E-state index in [9.17, 15) is 4.79 Å². The van der Waals surface area contributed by atoms with Crippen LogP contribution >= 0.6 is 0 Å². The van der Waals surface area contributed by atoms with E-state index in [-0.39, 0.29) is 5.91 Å². The van der Waals surface area contributed by atoms with Gasteiger partial charge in [0.1, 0.15) is 11.6 Å². The van der Waals surface area contributed by atoms with E-state index >= 15 is 0 Å². The number of anilines is 1. The van der Waals surface area contributed by atoms with Gasteiger partial charge in [0, 0.05) is 24.0 Å². The number of ether oxygens (including phenoxy) is 1. The molecule has 0 unspecified atom stereocenters. The molecule has 3 heterocycles. The highest BCUT2D eigenvalue weighted by Gasteiger charge is 2.17. The maximum absolute atomic E-state index is 12.7. The Morgan fingerprint density at radius 3 is 3.00 bits per heavy atom. The van der Waals surface area contributed by atoms with Crippen molar-refractivity contribution in [2.75, 3.05) is 19.0 Å². The van der Waals surface area contributed by atoms with E-state index in [1.54, 1.807) is 31.6 Å². The average Bonchev–Trinajstić information content (AvgIpc) is 3.36. The fourth-order valence-corrected chi connectivity index (χ4v) is 3.34. The van der Waals surface area contributed by atoms with Crippen LogP contribution in [0, 0.1) is 0 Å². The summed E-state index contributed by atoms with van der Waals surface area (Å²) in [5, 5.41) is 4.29. The number of nitrogens with zero attached hydrogens (tertiary/aromatic N) is 4. The van der Waals surface area contributed by atoms with Crippen LogP contribution in [-0.2, 0) is 6.54 Å². The van der Waals surface area contributed by atoms with Crippen molar-refractivity contribution < 1.29 is 9.53 Å². The molecule has 8 nitrogen and oxygen atoms in total. The topological polar surface area (TPSA) is 97.2 Å². The Kier molecular flexibility index (Phi) is 3.43. The Labute approximate surface area is 153 Å². The van der Waals surface area contributed by atoms with Crippen molar-refractivity contribution in [2.24, 2.45) is 4.99 Å². The lowest BCUT2D eigenvalue weighted by Crippen LogP contribution is -2.24. The van der Waals surface area contributed by atoms with Crippen LogP contribution < -0.4 is 15.7 Å². The third kappa shape index (κ3) is 2.53. The zero-order valence-corrected chi connectivity index (χ0v) is 14.6. The van der Waals surface area contributed by atoms with Crippen molar-refractivity contribution in [2.45, 2.75) is 6.54 Å². The van der Waals surface area contributed by atoms with Crippen molar-refractivity contribution in [3.63, 3.8) is 0 Å². The van der Waals surface area contributed by atoms with Crippen LogP contribution in [0.15, 0.2) is 47.7 Å². The summed E-state index contributed by atoms with van der Waals surface area (Å²) in [5.74, 6) is 1.32.